The van der Waals surface area contributed by atoms with Crippen molar-refractivity contribution in [3.63, 3.8) is 0 Å². The second-order valence-corrected chi connectivity index (χ2v) is 5.90. The number of fused-ring (bicyclic) bond motifs is 1. The van der Waals surface area contributed by atoms with Gasteiger partial charge in [-0.3, -0.25) is 4.79 Å². The van der Waals surface area contributed by atoms with E-state index < -0.39 is 5.63 Å². The lowest BCUT2D eigenvalue weighted by molar-refractivity contribution is 0.0783. The van der Waals surface area contributed by atoms with E-state index in [2.05, 4.69) is 10.3 Å². The highest BCUT2D eigenvalue weighted by Crippen LogP contribution is 2.26. The van der Waals surface area contributed by atoms with Crippen molar-refractivity contribution >= 4 is 16.9 Å². The van der Waals surface area contributed by atoms with E-state index in [4.69, 9.17) is 9.15 Å². The fraction of sp³-hybridized carbons (Fsp3) is 0.294. The molecular formula is C17H16N4O4. The molecular weight excluding hydrogens is 324 g/mol. The summed E-state index contributed by atoms with van der Waals surface area (Å²) in [5.41, 5.74) is -0.292. The highest BCUT2D eigenvalue weighted by Gasteiger charge is 2.30. The van der Waals surface area contributed by atoms with Crippen LogP contribution in [0.4, 0.5) is 0 Å². The van der Waals surface area contributed by atoms with E-state index in [-0.39, 0.29) is 17.5 Å². The number of aromatic nitrogens is 3. The van der Waals surface area contributed by atoms with Gasteiger partial charge in [0.15, 0.2) is 11.3 Å². The molecule has 1 aromatic carbocycles. The molecule has 0 saturated carbocycles. The van der Waals surface area contributed by atoms with E-state index in [0.29, 0.717) is 29.8 Å². The second-order valence-electron chi connectivity index (χ2n) is 5.90. The third-order valence-corrected chi connectivity index (χ3v) is 4.44. The first-order valence-corrected chi connectivity index (χ1v) is 7.93. The van der Waals surface area contributed by atoms with Gasteiger partial charge in [-0.2, -0.15) is 0 Å². The van der Waals surface area contributed by atoms with Crippen LogP contribution in [0.1, 0.15) is 22.8 Å². The molecule has 3 aromatic rings. The molecule has 0 aliphatic carbocycles. The van der Waals surface area contributed by atoms with Gasteiger partial charge in [-0.05, 0) is 18.6 Å². The number of benzene rings is 1. The summed E-state index contributed by atoms with van der Waals surface area (Å²) < 4.78 is 12.3. The number of hydrogen-bond donors (Lipinski definition) is 0. The molecule has 25 heavy (non-hydrogen) atoms. The minimum absolute atomic E-state index is 0.0278. The molecule has 0 unspecified atom stereocenters. The van der Waals surface area contributed by atoms with Crippen LogP contribution >= 0.6 is 0 Å². The number of likely N-dealkylation sites (tertiary alicyclic amines) is 1. The molecule has 1 amide bonds. The molecule has 0 N–H and O–H groups in total. The van der Waals surface area contributed by atoms with Crippen molar-refractivity contribution < 1.29 is 13.9 Å². The normalized spacial score (nSPS) is 17.2. The topological polar surface area (TPSA) is 90.5 Å². The second kappa shape index (κ2) is 6.04. The Bertz CT molecular complexity index is 980. The lowest BCUT2D eigenvalue weighted by Gasteiger charge is -2.16. The predicted molar refractivity (Wildman–Crippen MR) is 88.6 cm³/mol. The molecule has 3 heterocycles. The van der Waals surface area contributed by atoms with Crippen LogP contribution < -0.4 is 10.4 Å². The first-order chi connectivity index (χ1) is 12.2. The first kappa shape index (κ1) is 15.4. The molecule has 0 radical (unpaired) electrons. The first-order valence-electron chi connectivity index (χ1n) is 7.93. The molecule has 1 aliphatic rings. The summed E-state index contributed by atoms with van der Waals surface area (Å²) in [5, 5.41) is 8.42. The maximum absolute atomic E-state index is 12.8. The Hall–Kier alpha value is -3.16. The van der Waals surface area contributed by atoms with Crippen LogP contribution in [-0.4, -0.2) is 46.0 Å². The maximum Gasteiger partial charge on any atom is 0.349 e. The molecule has 0 bridgehead atoms. The Kier molecular flexibility index (Phi) is 3.72. The van der Waals surface area contributed by atoms with Crippen molar-refractivity contribution in [1.82, 2.24) is 19.9 Å². The Morgan fingerprint density at radius 2 is 2.28 bits per heavy atom. The molecule has 1 aliphatic heterocycles. The Labute approximate surface area is 142 Å². The van der Waals surface area contributed by atoms with Gasteiger partial charge in [-0.25, -0.2) is 9.48 Å². The summed E-state index contributed by atoms with van der Waals surface area (Å²) in [5.74, 6) is 0.127. The largest absolute Gasteiger partial charge is 0.493 e. The van der Waals surface area contributed by atoms with Crippen molar-refractivity contribution in [2.75, 3.05) is 20.2 Å². The number of carbonyl (C=O) groups is 1. The van der Waals surface area contributed by atoms with Crippen LogP contribution in [0.15, 0.2) is 45.9 Å². The number of ether oxygens (including phenoxy) is 1. The molecule has 1 atom stereocenters. The van der Waals surface area contributed by atoms with Crippen LogP contribution in [0.5, 0.6) is 5.75 Å². The Morgan fingerprint density at radius 3 is 3.04 bits per heavy atom. The molecule has 2 aromatic heterocycles. The number of methoxy groups -OCH3 is 1. The number of amides is 1. The average Bonchev–Trinajstić information content (AvgIpc) is 3.31. The Balaban J connectivity index is 1.64. The summed E-state index contributed by atoms with van der Waals surface area (Å²) in [4.78, 5) is 26.7. The van der Waals surface area contributed by atoms with Crippen molar-refractivity contribution in [1.29, 1.82) is 0 Å². The molecule has 128 valence electrons. The van der Waals surface area contributed by atoms with Gasteiger partial charge < -0.3 is 14.1 Å². The number of carbonyl (C=O) groups excluding carboxylic acids is 1. The number of hydrogen-bond acceptors (Lipinski definition) is 6. The van der Waals surface area contributed by atoms with Crippen LogP contribution in [0.2, 0.25) is 0 Å². The highest BCUT2D eigenvalue weighted by atomic mass is 16.5. The molecule has 4 rings (SSSR count). The zero-order valence-corrected chi connectivity index (χ0v) is 13.6. The van der Waals surface area contributed by atoms with Gasteiger partial charge in [0.25, 0.3) is 5.91 Å². The fourth-order valence-corrected chi connectivity index (χ4v) is 3.15. The smallest absolute Gasteiger partial charge is 0.349 e. The van der Waals surface area contributed by atoms with E-state index in [9.17, 15) is 9.59 Å². The van der Waals surface area contributed by atoms with Crippen molar-refractivity contribution in [2.24, 2.45) is 0 Å². The summed E-state index contributed by atoms with van der Waals surface area (Å²) in [6, 6.07) is 6.90. The number of para-hydroxylation sites is 1. The number of nitrogens with zero attached hydrogens (tertiary/aromatic N) is 4. The molecule has 1 fully saturated rings. The fourth-order valence-electron chi connectivity index (χ4n) is 3.15. The SMILES string of the molecule is COc1cccc2cc(C(=O)N3CC[C@H](n4ccnn4)C3)c(=O)oc12. The van der Waals surface area contributed by atoms with E-state index in [0.717, 1.165) is 6.42 Å². The van der Waals surface area contributed by atoms with E-state index >= 15 is 0 Å². The van der Waals surface area contributed by atoms with Gasteiger partial charge in [0, 0.05) is 24.7 Å². The minimum Gasteiger partial charge on any atom is -0.493 e. The molecule has 1 saturated heterocycles. The van der Waals surface area contributed by atoms with Gasteiger partial charge in [-0.1, -0.05) is 17.3 Å². The maximum atomic E-state index is 12.8. The predicted octanol–water partition coefficient (Wildman–Crippen LogP) is 1.48. The standard InChI is InChI=1S/C17H16N4O4/c1-24-14-4-2-3-11-9-13(17(23)25-15(11)14)16(22)20-7-5-12(10-20)21-8-6-18-19-21/h2-4,6,8-9,12H,5,7,10H2,1H3/t12-/m0/s1. The third-order valence-electron chi connectivity index (χ3n) is 4.44. The lowest BCUT2D eigenvalue weighted by Crippen LogP contribution is -2.32. The van der Waals surface area contributed by atoms with E-state index in [1.165, 1.54) is 7.11 Å². The highest BCUT2D eigenvalue weighted by molar-refractivity contribution is 5.97. The van der Waals surface area contributed by atoms with Gasteiger partial charge >= 0.3 is 5.63 Å². The zero-order chi connectivity index (χ0) is 17.4. The van der Waals surface area contributed by atoms with Gasteiger partial charge in [-0.15, -0.1) is 5.10 Å². The lowest BCUT2D eigenvalue weighted by atomic mass is 10.1. The van der Waals surface area contributed by atoms with Crippen molar-refractivity contribution in [3.8, 4) is 5.75 Å². The van der Waals surface area contributed by atoms with Crippen molar-refractivity contribution in [3.05, 3.63) is 52.6 Å². The van der Waals surface area contributed by atoms with Gasteiger partial charge in [0.2, 0.25) is 0 Å². The molecule has 0 spiro atoms. The zero-order valence-electron chi connectivity index (χ0n) is 13.6. The average molecular weight is 340 g/mol. The summed E-state index contributed by atoms with van der Waals surface area (Å²) in [6.45, 7) is 1.04. The summed E-state index contributed by atoms with van der Waals surface area (Å²) >= 11 is 0. The van der Waals surface area contributed by atoms with Crippen LogP contribution in [-0.2, 0) is 0 Å². The molecule has 8 nitrogen and oxygen atoms in total. The van der Waals surface area contributed by atoms with Crippen LogP contribution in [0.3, 0.4) is 0 Å². The number of rotatable bonds is 3. The Morgan fingerprint density at radius 1 is 1.40 bits per heavy atom. The minimum atomic E-state index is -0.661. The van der Waals surface area contributed by atoms with Crippen LogP contribution in [0.25, 0.3) is 11.0 Å². The van der Waals surface area contributed by atoms with Crippen molar-refractivity contribution in [2.45, 2.75) is 12.5 Å². The monoisotopic (exact) mass is 340 g/mol. The summed E-state index contributed by atoms with van der Waals surface area (Å²) in [7, 11) is 1.50. The van der Waals surface area contributed by atoms with E-state index in [1.807, 2.05) is 0 Å². The van der Waals surface area contributed by atoms with Gasteiger partial charge in [0.05, 0.1) is 19.3 Å². The van der Waals surface area contributed by atoms with E-state index in [1.54, 1.807) is 46.2 Å². The van der Waals surface area contributed by atoms with Gasteiger partial charge in [0.1, 0.15) is 5.56 Å². The van der Waals surface area contributed by atoms with Crippen LogP contribution in [0, 0.1) is 0 Å². The quantitative estimate of drug-likeness (QED) is 0.671. The third kappa shape index (κ3) is 2.65. The molecule has 8 heteroatoms. The summed E-state index contributed by atoms with van der Waals surface area (Å²) in [6.07, 6.45) is 4.15.